The molecule has 2 aromatic carbocycles. The van der Waals surface area contributed by atoms with Gasteiger partial charge in [-0.15, -0.1) is 16.9 Å². The van der Waals surface area contributed by atoms with E-state index in [-0.39, 0.29) is 11.9 Å². The van der Waals surface area contributed by atoms with Gasteiger partial charge in [-0.25, -0.2) is 0 Å². The zero-order chi connectivity index (χ0) is 19.5. The summed E-state index contributed by atoms with van der Waals surface area (Å²) in [6.07, 6.45) is 4.69. The third kappa shape index (κ3) is 4.28. The van der Waals surface area contributed by atoms with E-state index in [1.54, 1.807) is 23.9 Å². The SMILES string of the molecule is CC(C)Sc1ccc(C(=O)Nc2nnc(-c3ccc4c(c3)CCCC4)o2)cc1. The van der Waals surface area contributed by atoms with Crippen molar-refractivity contribution < 1.29 is 9.21 Å². The molecule has 0 saturated carbocycles. The van der Waals surface area contributed by atoms with Crippen molar-refractivity contribution in [3.05, 3.63) is 59.2 Å². The number of nitrogens with zero attached hydrogens (tertiary/aromatic N) is 2. The monoisotopic (exact) mass is 393 g/mol. The molecule has 6 heteroatoms. The molecule has 1 N–H and O–H groups in total. The van der Waals surface area contributed by atoms with Crippen molar-refractivity contribution in [3.8, 4) is 11.5 Å². The van der Waals surface area contributed by atoms with Crippen LogP contribution in [0.2, 0.25) is 0 Å². The van der Waals surface area contributed by atoms with Crippen molar-refractivity contribution in [2.45, 2.75) is 49.7 Å². The lowest BCUT2D eigenvalue weighted by atomic mass is 9.90. The molecule has 0 aliphatic heterocycles. The molecular formula is C22H23N3O2S. The highest BCUT2D eigenvalue weighted by atomic mass is 32.2. The Hall–Kier alpha value is -2.60. The first-order chi connectivity index (χ1) is 13.6. The van der Waals surface area contributed by atoms with Gasteiger partial charge in [0, 0.05) is 21.3 Å². The summed E-state index contributed by atoms with van der Waals surface area (Å²) in [6.45, 7) is 4.28. The van der Waals surface area contributed by atoms with Gasteiger partial charge in [0.15, 0.2) is 0 Å². The van der Waals surface area contributed by atoms with E-state index in [4.69, 9.17) is 4.42 Å². The van der Waals surface area contributed by atoms with E-state index in [9.17, 15) is 4.79 Å². The minimum absolute atomic E-state index is 0.110. The maximum atomic E-state index is 12.4. The van der Waals surface area contributed by atoms with Gasteiger partial charge in [0.2, 0.25) is 5.89 Å². The highest BCUT2D eigenvalue weighted by Gasteiger charge is 2.15. The van der Waals surface area contributed by atoms with Crippen LogP contribution in [0.25, 0.3) is 11.5 Å². The lowest BCUT2D eigenvalue weighted by Gasteiger charge is -2.15. The van der Waals surface area contributed by atoms with E-state index < -0.39 is 0 Å². The smallest absolute Gasteiger partial charge is 0.322 e. The van der Waals surface area contributed by atoms with E-state index in [1.807, 2.05) is 18.2 Å². The van der Waals surface area contributed by atoms with Gasteiger partial charge in [-0.1, -0.05) is 25.0 Å². The fraction of sp³-hybridized carbons (Fsp3) is 0.318. The van der Waals surface area contributed by atoms with Crippen molar-refractivity contribution in [2.24, 2.45) is 0 Å². The topological polar surface area (TPSA) is 68.0 Å². The molecule has 0 radical (unpaired) electrons. The number of carbonyl (C=O) groups is 1. The summed E-state index contributed by atoms with van der Waals surface area (Å²) in [6, 6.07) is 13.9. The second-order valence-electron chi connectivity index (χ2n) is 7.25. The molecule has 1 aliphatic carbocycles. The Bertz CT molecular complexity index is 980. The Kier molecular flexibility index (Phi) is 5.48. The summed E-state index contributed by atoms with van der Waals surface area (Å²) in [5, 5.41) is 11.3. The summed E-state index contributed by atoms with van der Waals surface area (Å²) >= 11 is 1.76. The molecule has 1 amide bonds. The van der Waals surface area contributed by atoms with E-state index >= 15 is 0 Å². The van der Waals surface area contributed by atoms with Crippen LogP contribution in [0.5, 0.6) is 0 Å². The number of hydrogen-bond acceptors (Lipinski definition) is 5. The number of amides is 1. The van der Waals surface area contributed by atoms with Crippen LogP contribution in [0.15, 0.2) is 51.8 Å². The summed E-state index contributed by atoms with van der Waals surface area (Å²) in [7, 11) is 0. The highest BCUT2D eigenvalue weighted by molar-refractivity contribution is 7.99. The van der Waals surface area contributed by atoms with Crippen molar-refractivity contribution in [1.29, 1.82) is 0 Å². The van der Waals surface area contributed by atoms with Crippen molar-refractivity contribution in [3.63, 3.8) is 0 Å². The fourth-order valence-electron chi connectivity index (χ4n) is 3.38. The maximum absolute atomic E-state index is 12.4. The molecular weight excluding hydrogens is 370 g/mol. The molecule has 0 fully saturated rings. The Balaban J connectivity index is 1.45. The standard InChI is InChI=1S/C22H23N3O2S/c1-14(2)28-19-11-9-16(10-12-19)20(26)23-22-25-24-21(27-22)18-8-7-15-5-3-4-6-17(15)13-18/h7-14H,3-6H2,1-2H3,(H,23,25,26). The minimum atomic E-state index is -0.262. The third-order valence-electron chi connectivity index (χ3n) is 4.73. The van der Waals surface area contributed by atoms with Gasteiger partial charge in [-0.2, -0.15) is 0 Å². The molecule has 144 valence electrons. The number of aryl methyl sites for hydroxylation is 2. The zero-order valence-corrected chi connectivity index (χ0v) is 16.9. The second kappa shape index (κ2) is 8.19. The largest absolute Gasteiger partial charge is 0.403 e. The van der Waals surface area contributed by atoms with Crippen LogP contribution in [0.1, 0.15) is 48.2 Å². The Morgan fingerprint density at radius 1 is 1.04 bits per heavy atom. The number of fused-ring (bicyclic) bond motifs is 1. The lowest BCUT2D eigenvalue weighted by molar-refractivity contribution is 0.102. The van der Waals surface area contributed by atoms with E-state index in [2.05, 4.69) is 41.5 Å². The number of benzene rings is 2. The number of anilines is 1. The van der Waals surface area contributed by atoms with Gasteiger partial charge < -0.3 is 4.42 Å². The minimum Gasteiger partial charge on any atom is -0.403 e. The van der Waals surface area contributed by atoms with Crippen LogP contribution in [0.3, 0.4) is 0 Å². The predicted molar refractivity (Wildman–Crippen MR) is 112 cm³/mol. The van der Waals surface area contributed by atoms with Crippen molar-refractivity contribution in [2.75, 3.05) is 5.32 Å². The molecule has 28 heavy (non-hydrogen) atoms. The summed E-state index contributed by atoms with van der Waals surface area (Å²) < 4.78 is 5.67. The lowest BCUT2D eigenvalue weighted by Crippen LogP contribution is -2.11. The number of hydrogen-bond donors (Lipinski definition) is 1. The predicted octanol–water partition coefficient (Wildman–Crippen LogP) is 5.37. The van der Waals surface area contributed by atoms with Crippen molar-refractivity contribution in [1.82, 2.24) is 10.2 Å². The summed E-state index contributed by atoms with van der Waals surface area (Å²) in [5.74, 6) is 0.161. The second-order valence-corrected chi connectivity index (χ2v) is 8.90. The number of nitrogens with one attached hydrogen (secondary N) is 1. The fourth-order valence-corrected chi connectivity index (χ4v) is 4.22. The zero-order valence-electron chi connectivity index (χ0n) is 16.1. The van der Waals surface area contributed by atoms with Crippen LogP contribution < -0.4 is 5.32 Å². The molecule has 1 aromatic heterocycles. The number of rotatable bonds is 5. The average Bonchev–Trinajstić information content (AvgIpc) is 3.16. The molecule has 1 heterocycles. The normalized spacial score (nSPS) is 13.4. The number of carbonyl (C=O) groups excluding carboxylic acids is 1. The van der Waals surface area contributed by atoms with Gasteiger partial charge in [-0.3, -0.25) is 10.1 Å². The number of thioether (sulfide) groups is 1. The molecule has 0 unspecified atom stereocenters. The van der Waals surface area contributed by atoms with Crippen LogP contribution in [-0.4, -0.2) is 21.4 Å². The van der Waals surface area contributed by atoms with Crippen LogP contribution in [0.4, 0.5) is 6.01 Å². The molecule has 1 aliphatic rings. The van der Waals surface area contributed by atoms with Crippen LogP contribution in [-0.2, 0) is 12.8 Å². The Morgan fingerprint density at radius 3 is 2.54 bits per heavy atom. The van der Waals surface area contributed by atoms with Gasteiger partial charge >= 0.3 is 6.01 Å². The molecule has 0 atom stereocenters. The molecule has 3 aromatic rings. The molecule has 5 nitrogen and oxygen atoms in total. The van der Waals surface area contributed by atoms with Gasteiger partial charge in [0.05, 0.1) is 0 Å². The van der Waals surface area contributed by atoms with Crippen LogP contribution >= 0.6 is 11.8 Å². The van der Waals surface area contributed by atoms with Gasteiger partial charge in [0.25, 0.3) is 5.91 Å². The summed E-state index contributed by atoms with van der Waals surface area (Å²) in [5.41, 5.74) is 4.21. The third-order valence-corrected chi connectivity index (χ3v) is 5.74. The first-order valence-corrected chi connectivity index (χ1v) is 10.5. The Morgan fingerprint density at radius 2 is 1.79 bits per heavy atom. The Labute approximate surface area is 168 Å². The molecule has 0 bridgehead atoms. The molecule has 0 spiro atoms. The van der Waals surface area contributed by atoms with E-state index in [0.29, 0.717) is 16.7 Å². The first kappa shape index (κ1) is 18.7. The highest BCUT2D eigenvalue weighted by Crippen LogP contribution is 2.28. The molecule has 0 saturated heterocycles. The first-order valence-electron chi connectivity index (χ1n) is 9.62. The number of aromatic nitrogens is 2. The van der Waals surface area contributed by atoms with Crippen molar-refractivity contribution >= 4 is 23.7 Å². The van der Waals surface area contributed by atoms with Gasteiger partial charge in [0.1, 0.15) is 0 Å². The quantitative estimate of drug-likeness (QED) is 0.590. The van der Waals surface area contributed by atoms with E-state index in [0.717, 1.165) is 23.3 Å². The summed E-state index contributed by atoms with van der Waals surface area (Å²) in [4.78, 5) is 13.6. The van der Waals surface area contributed by atoms with E-state index in [1.165, 1.54) is 24.0 Å². The average molecular weight is 394 g/mol. The maximum Gasteiger partial charge on any atom is 0.322 e. The van der Waals surface area contributed by atoms with Gasteiger partial charge in [-0.05, 0) is 73.2 Å². The molecule has 4 rings (SSSR count). The van der Waals surface area contributed by atoms with Crippen LogP contribution in [0, 0.1) is 0 Å².